The normalized spacial score (nSPS) is 18.9. The first-order valence-corrected chi connectivity index (χ1v) is 6.01. The van der Waals surface area contributed by atoms with Crippen molar-refractivity contribution in [3.05, 3.63) is 0 Å². The average molecular weight is 254 g/mol. The summed E-state index contributed by atoms with van der Waals surface area (Å²) < 4.78 is 40.8. The molecule has 0 spiro atoms. The lowest BCUT2D eigenvalue weighted by Gasteiger charge is -2.27. The van der Waals surface area contributed by atoms with Crippen LogP contribution in [0.4, 0.5) is 13.2 Å². The van der Waals surface area contributed by atoms with E-state index in [0.717, 1.165) is 32.6 Å². The molecule has 0 amide bonds. The molecule has 0 radical (unpaired) electrons. The Balaban J connectivity index is 2.02. The zero-order chi connectivity index (χ0) is 12.7. The van der Waals surface area contributed by atoms with Gasteiger partial charge in [0.15, 0.2) is 0 Å². The number of hydrogen-bond acceptors (Lipinski definition) is 3. The zero-order valence-corrected chi connectivity index (χ0v) is 10.2. The third-order valence-electron chi connectivity index (χ3n) is 2.91. The van der Waals surface area contributed by atoms with Crippen molar-refractivity contribution in [3.63, 3.8) is 0 Å². The van der Waals surface area contributed by atoms with E-state index < -0.39 is 12.7 Å². The monoisotopic (exact) mass is 254 g/mol. The quantitative estimate of drug-likeness (QED) is 0.727. The van der Waals surface area contributed by atoms with Gasteiger partial charge in [-0.1, -0.05) is 0 Å². The van der Waals surface area contributed by atoms with Gasteiger partial charge in [0, 0.05) is 32.8 Å². The summed E-state index contributed by atoms with van der Waals surface area (Å²) in [7, 11) is 1.95. The molecule has 0 aliphatic carbocycles. The van der Waals surface area contributed by atoms with E-state index in [1.165, 1.54) is 0 Å². The molecule has 1 heterocycles. The highest BCUT2D eigenvalue weighted by Gasteiger charge is 2.26. The van der Waals surface area contributed by atoms with Crippen LogP contribution < -0.4 is 5.32 Å². The molecular weight excluding hydrogens is 233 g/mol. The molecule has 1 N–H and O–H groups in total. The van der Waals surface area contributed by atoms with Crippen molar-refractivity contribution < 1.29 is 17.9 Å². The highest BCUT2D eigenvalue weighted by Crippen LogP contribution is 2.15. The van der Waals surface area contributed by atoms with Crippen molar-refractivity contribution in [2.24, 2.45) is 5.92 Å². The minimum Gasteiger partial charge on any atom is -0.381 e. The lowest BCUT2D eigenvalue weighted by Crippen LogP contribution is -2.37. The van der Waals surface area contributed by atoms with E-state index in [4.69, 9.17) is 4.74 Å². The Labute approximate surface area is 100 Å². The summed E-state index contributed by atoms with van der Waals surface area (Å²) in [6.45, 7) is 2.68. The van der Waals surface area contributed by atoms with Crippen molar-refractivity contribution >= 4 is 0 Å². The molecule has 1 aliphatic heterocycles. The largest absolute Gasteiger partial charge is 0.401 e. The summed E-state index contributed by atoms with van der Waals surface area (Å²) in [4.78, 5) is 2.08. The van der Waals surface area contributed by atoms with E-state index in [2.05, 4.69) is 10.2 Å². The van der Waals surface area contributed by atoms with Gasteiger partial charge < -0.3 is 15.0 Å². The number of rotatable bonds is 6. The van der Waals surface area contributed by atoms with Crippen molar-refractivity contribution in [2.75, 3.05) is 46.4 Å². The second-order valence-electron chi connectivity index (χ2n) is 4.61. The summed E-state index contributed by atoms with van der Waals surface area (Å²) in [5.74, 6) is 0.622. The summed E-state index contributed by atoms with van der Waals surface area (Å²) >= 11 is 0. The first-order valence-electron chi connectivity index (χ1n) is 6.01. The summed E-state index contributed by atoms with van der Waals surface area (Å²) in [5.41, 5.74) is 0. The van der Waals surface area contributed by atoms with E-state index in [1.54, 1.807) is 0 Å². The molecular formula is C11H21F3N2O. The van der Waals surface area contributed by atoms with Gasteiger partial charge in [0.25, 0.3) is 0 Å². The van der Waals surface area contributed by atoms with Crippen molar-refractivity contribution in [2.45, 2.75) is 19.0 Å². The molecule has 1 rings (SSSR count). The van der Waals surface area contributed by atoms with E-state index >= 15 is 0 Å². The molecule has 0 bridgehead atoms. The third-order valence-corrected chi connectivity index (χ3v) is 2.91. The fourth-order valence-electron chi connectivity index (χ4n) is 1.96. The molecule has 0 aromatic rings. The Morgan fingerprint density at radius 3 is 2.53 bits per heavy atom. The zero-order valence-electron chi connectivity index (χ0n) is 10.2. The van der Waals surface area contributed by atoms with E-state index in [0.29, 0.717) is 19.0 Å². The Morgan fingerprint density at radius 1 is 1.29 bits per heavy atom. The standard InChI is InChI=1S/C11H21F3N2O/c1-16(5-4-15-9-11(12,13)14)8-10-2-6-17-7-3-10/h10,15H,2-9H2,1H3. The topological polar surface area (TPSA) is 24.5 Å². The van der Waals surface area contributed by atoms with Crippen LogP contribution in [0, 0.1) is 5.92 Å². The number of nitrogens with zero attached hydrogens (tertiary/aromatic N) is 1. The van der Waals surface area contributed by atoms with Crippen LogP contribution in [0.25, 0.3) is 0 Å². The van der Waals surface area contributed by atoms with Gasteiger partial charge >= 0.3 is 6.18 Å². The SMILES string of the molecule is CN(CCNCC(F)(F)F)CC1CCOCC1. The Bertz CT molecular complexity index is 205. The second-order valence-corrected chi connectivity index (χ2v) is 4.61. The molecule has 0 saturated carbocycles. The number of alkyl halides is 3. The number of hydrogen-bond donors (Lipinski definition) is 1. The van der Waals surface area contributed by atoms with Crippen molar-refractivity contribution in [1.29, 1.82) is 0 Å². The van der Waals surface area contributed by atoms with Gasteiger partial charge in [-0.05, 0) is 25.8 Å². The Hall–Kier alpha value is -0.330. The van der Waals surface area contributed by atoms with Crippen LogP contribution in [-0.2, 0) is 4.74 Å². The number of nitrogens with one attached hydrogen (secondary N) is 1. The van der Waals surface area contributed by atoms with E-state index in [9.17, 15) is 13.2 Å². The summed E-state index contributed by atoms with van der Waals surface area (Å²) in [6, 6.07) is 0. The molecule has 17 heavy (non-hydrogen) atoms. The number of ether oxygens (including phenoxy) is 1. The van der Waals surface area contributed by atoms with Crippen LogP contribution in [0.1, 0.15) is 12.8 Å². The molecule has 1 fully saturated rings. The van der Waals surface area contributed by atoms with E-state index in [-0.39, 0.29) is 0 Å². The lowest BCUT2D eigenvalue weighted by atomic mass is 10.00. The minimum atomic E-state index is -4.11. The summed E-state index contributed by atoms with van der Waals surface area (Å²) in [5, 5.41) is 2.40. The molecule has 0 unspecified atom stereocenters. The van der Waals surface area contributed by atoms with Crippen LogP contribution in [0.3, 0.4) is 0 Å². The van der Waals surface area contributed by atoms with Crippen molar-refractivity contribution in [1.82, 2.24) is 10.2 Å². The molecule has 3 nitrogen and oxygen atoms in total. The molecule has 0 aromatic heterocycles. The molecule has 0 aromatic carbocycles. The van der Waals surface area contributed by atoms with Crippen LogP contribution in [-0.4, -0.2) is 57.5 Å². The van der Waals surface area contributed by atoms with Gasteiger partial charge in [0.05, 0.1) is 6.54 Å². The fourth-order valence-corrected chi connectivity index (χ4v) is 1.96. The van der Waals surface area contributed by atoms with Crippen LogP contribution in [0.5, 0.6) is 0 Å². The number of likely N-dealkylation sites (N-methyl/N-ethyl adjacent to an activating group) is 1. The van der Waals surface area contributed by atoms with Gasteiger partial charge in [-0.3, -0.25) is 0 Å². The molecule has 102 valence electrons. The maximum atomic E-state index is 11.9. The number of halogens is 3. The molecule has 6 heteroatoms. The Kier molecular flexibility index (Phi) is 6.22. The highest BCUT2D eigenvalue weighted by atomic mass is 19.4. The Morgan fingerprint density at radius 2 is 1.94 bits per heavy atom. The van der Waals surface area contributed by atoms with Crippen LogP contribution in [0.15, 0.2) is 0 Å². The predicted molar refractivity (Wildman–Crippen MR) is 60.0 cm³/mol. The van der Waals surface area contributed by atoms with Gasteiger partial charge in [-0.2, -0.15) is 13.2 Å². The van der Waals surface area contributed by atoms with Gasteiger partial charge in [0.1, 0.15) is 0 Å². The smallest absolute Gasteiger partial charge is 0.381 e. The van der Waals surface area contributed by atoms with Gasteiger partial charge in [-0.25, -0.2) is 0 Å². The second kappa shape index (κ2) is 7.18. The van der Waals surface area contributed by atoms with Crippen molar-refractivity contribution in [3.8, 4) is 0 Å². The molecule has 1 aliphatic rings. The fraction of sp³-hybridized carbons (Fsp3) is 1.00. The molecule has 0 atom stereocenters. The average Bonchev–Trinajstić information content (AvgIpc) is 2.25. The maximum Gasteiger partial charge on any atom is 0.401 e. The van der Waals surface area contributed by atoms with E-state index in [1.807, 2.05) is 7.05 Å². The minimum absolute atomic E-state index is 0.374. The maximum absolute atomic E-state index is 11.9. The highest BCUT2D eigenvalue weighted by molar-refractivity contribution is 4.68. The first kappa shape index (κ1) is 14.7. The first-order chi connectivity index (χ1) is 7.97. The predicted octanol–water partition coefficient (Wildman–Crippen LogP) is 1.50. The third kappa shape index (κ3) is 7.57. The van der Waals surface area contributed by atoms with Crippen LogP contribution >= 0.6 is 0 Å². The van der Waals surface area contributed by atoms with Gasteiger partial charge in [-0.15, -0.1) is 0 Å². The van der Waals surface area contributed by atoms with Crippen LogP contribution in [0.2, 0.25) is 0 Å². The summed E-state index contributed by atoms with van der Waals surface area (Å²) in [6.07, 6.45) is -2.00. The molecule has 1 saturated heterocycles. The lowest BCUT2D eigenvalue weighted by molar-refractivity contribution is -0.124. The van der Waals surface area contributed by atoms with Gasteiger partial charge in [0.2, 0.25) is 0 Å².